The zero-order valence-corrected chi connectivity index (χ0v) is 26.8. The molecule has 3 rings (SSSR count). The van der Waals surface area contributed by atoms with Gasteiger partial charge >= 0.3 is 0 Å². The van der Waals surface area contributed by atoms with Crippen LogP contribution in [0.4, 0.5) is 5.69 Å². The second-order valence-corrected chi connectivity index (χ2v) is 14.1. The molecule has 0 bridgehead atoms. The van der Waals surface area contributed by atoms with E-state index in [9.17, 15) is 18.0 Å². The van der Waals surface area contributed by atoms with Crippen LogP contribution in [0.3, 0.4) is 0 Å². The minimum atomic E-state index is -3.97. The number of rotatable bonds is 10. The van der Waals surface area contributed by atoms with Crippen LogP contribution in [0.25, 0.3) is 0 Å². The van der Waals surface area contributed by atoms with E-state index < -0.39 is 40.0 Å². The molecule has 3 aromatic carbocycles. The number of halogens is 4. The molecule has 12 heteroatoms. The number of nitrogens with one attached hydrogen (secondary N) is 1. The normalized spacial score (nSPS) is 12.5. The van der Waals surface area contributed by atoms with Gasteiger partial charge in [-0.05, 0) is 56.7 Å². The molecule has 0 saturated heterocycles. The molecule has 3 aromatic rings. The summed E-state index contributed by atoms with van der Waals surface area (Å²) in [6.45, 7) is 4.73. The molecule has 0 aliphatic rings. The summed E-state index contributed by atoms with van der Waals surface area (Å²) in [5.41, 5.74) is 0.756. The smallest absolute Gasteiger partial charge is 0.244 e. The lowest BCUT2D eigenvalue weighted by molar-refractivity contribution is -0.140. The van der Waals surface area contributed by atoms with Gasteiger partial charge < -0.3 is 10.2 Å². The molecule has 0 radical (unpaired) electrons. The maximum Gasteiger partial charge on any atom is 0.244 e. The highest BCUT2D eigenvalue weighted by molar-refractivity contribution is 7.92. The highest BCUT2D eigenvalue weighted by atomic mass is 35.5. The van der Waals surface area contributed by atoms with E-state index in [2.05, 4.69) is 5.32 Å². The summed E-state index contributed by atoms with van der Waals surface area (Å²) in [6, 6.07) is 17.4. The van der Waals surface area contributed by atoms with Crippen LogP contribution in [0.1, 0.15) is 31.9 Å². The molecular weight excluding hydrogens is 628 g/mol. The van der Waals surface area contributed by atoms with E-state index in [1.54, 1.807) is 18.2 Å². The van der Waals surface area contributed by atoms with Crippen molar-refractivity contribution < 1.29 is 18.0 Å². The maximum atomic E-state index is 14.1. The van der Waals surface area contributed by atoms with Gasteiger partial charge in [-0.25, -0.2) is 8.42 Å². The Labute approximate surface area is 261 Å². The van der Waals surface area contributed by atoms with Crippen LogP contribution < -0.4 is 9.62 Å². The van der Waals surface area contributed by atoms with Crippen molar-refractivity contribution in [1.82, 2.24) is 10.2 Å². The molecule has 0 spiro atoms. The first-order chi connectivity index (χ1) is 19.1. The molecule has 1 atom stereocenters. The number of hydrogen-bond donors (Lipinski definition) is 1. The second-order valence-electron chi connectivity index (χ2n) is 10.5. The molecule has 0 aliphatic heterocycles. The van der Waals surface area contributed by atoms with Crippen LogP contribution in [-0.4, -0.2) is 49.5 Å². The Morgan fingerprint density at radius 1 is 0.854 bits per heavy atom. The van der Waals surface area contributed by atoms with E-state index in [1.807, 2.05) is 51.1 Å². The molecule has 41 heavy (non-hydrogen) atoms. The van der Waals surface area contributed by atoms with Crippen molar-refractivity contribution in [2.75, 3.05) is 17.1 Å². The Balaban J connectivity index is 2.13. The first kappa shape index (κ1) is 33.0. The predicted octanol–water partition coefficient (Wildman–Crippen LogP) is 6.62. The largest absolute Gasteiger partial charge is 0.350 e. The Kier molecular flexibility index (Phi) is 11.0. The average molecular weight is 659 g/mol. The second kappa shape index (κ2) is 13.7. The number of carbonyl (C=O) groups excluding carboxylic acids is 2. The van der Waals surface area contributed by atoms with Gasteiger partial charge in [-0.15, -0.1) is 0 Å². The molecular formula is C29H31Cl4N3O4S. The lowest BCUT2D eigenvalue weighted by Crippen LogP contribution is -2.56. The van der Waals surface area contributed by atoms with E-state index in [0.29, 0.717) is 15.6 Å². The lowest BCUT2D eigenvalue weighted by Gasteiger charge is -2.35. The van der Waals surface area contributed by atoms with Crippen LogP contribution in [-0.2, 0) is 32.6 Å². The summed E-state index contributed by atoms with van der Waals surface area (Å²) in [4.78, 5) is 29.2. The van der Waals surface area contributed by atoms with Crippen LogP contribution >= 0.6 is 46.4 Å². The summed E-state index contributed by atoms with van der Waals surface area (Å²) in [5.74, 6) is -1.07. The summed E-state index contributed by atoms with van der Waals surface area (Å²) in [6.07, 6.45) is 1.13. The Morgan fingerprint density at radius 3 is 2.00 bits per heavy atom. The topological polar surface area (TPSA) is 86.8 Å². The van der Waals surface area contributed by atoms with Gasteiger partial charge in [0.15, 0.2) is 0 Å². The fourth-order valence-corrected chi connectivity index (χ4v) is 5.77. The first-order valence-electron chi connectivity index (χ1n) is 12.6. The molecule has 0 heterocycles. The number of anilines is 1. The number of carbonyl (C=O) groups is 2. The highest BCUT2D eigenvalue weighted by Crippen LogP contribution is 2.30. The van der Waals surface area contributed by atoms with Gasteiger partial charge in [0.25, 0.3) is 0 Å². The van der Waals surface area contributed by atoms with Gasteiger partial charge in [0.2, 0.25) is 21.8 Å². The average Bonchev–Trinajstić information content (AvgIpc) is 2.86. The van der Waals surface area contributed by atoms with Crippen LogP contribution in [0, 0.1) is 0 Å². The fourth-order valence-electron chi connectivity index (χ4n) is 4.11. The number of amides is 2. The van der Waals surface area contributed by atoms with Gasteiger partial charge in [0, 0.05) is 34.1 Å². The third-order valence-corrected chi connectivity index (χ3v) is 8.62. The Bertz CT molecular complexity index is 1490. The van der Waals surface area contributed by atoms with Gasteiger partial charge in [0.05, 0.1) is 22.0 Å². The molecule has 0 fully saturated rings. The van der Waals surface area contributed by atoms with Crippen molar-refractivity contribution >= 4 is 73.9 Å². The number of benzene rings is 3. The van der Waals surface area contributed by atoms with E-state index in [4.69, 9.17) is 46.4 Å². The van der Waals surface area contributed by atoms with E-state index >= 15 is 0 Å². The maximum absolute atomic E-state index is 14.1. The molecule has 0 aliphatic carbocycles. The highest BCUT2D eigenvalue weighted by Gasteiger charge is 2.35. The van der Waals surface area contributed by atoms with Gasteiger partial charge in [-0.3, -0.25) is 13.9 Å². The van der Waals surface area contributed by atoms with Crippen molar-refractivity contribution in [2.24, 2.45) is 0 Å². The molecule has 0 unspecified atom stereocenters. The standard InChI is InChI=1S/C29H31Cl4N3O4S/c1-29(2,3)34-28(38)26(15-19-9-6-5-7-10-19)35(17-21-22(30)11-8-12-23(21)31)27(37)18-36(41(4,39)40)20-13-14-24(32)25(33)16-20/h5-14,16,26H,15,17-18H2,1-4H3,(H,34,38)/t26-/m1/s1. The van der Waals surface area contributed by atoms with Gasteiger partial charge in [-0.1, -0.05) is 82.8 Å². The minimum absolute atomic E-state index is 0.122. The predicted molar refractivity (Wildman–Crippen MR) is 167 cm³/mol. The fraction of sp³-hybridized carbons (Fsp3) is 0.310. The quantitative estimate of drug-likeness (QED) is 0.265. The number of hydrogen-bond acceptors (Lipinski definition) is 4. The van der Waals surface area contributed by atoms with E-state index in [0.717, 1.165) is 16.1 Å². The Hall–Kier alpha value is -2.49. The first-order valence-corrected chi connectivity index (χ1v) is 15.9. The lowest BCUT2D eigenvalue weighted by atomic mass is 10.0. The summed E-state index contributed by atoms with van der Waals surface area (Å²) >= 11 is 25.2. The Morgan fingerprint density at radius 2 is 1.46 bits per heavy atom. The third kappa shape index (κ3) is 9.25. The van der Waals surface area contributed by atoms with Crippen molar-refractivity contribution in [3.05, 3.63) is 97.9 Å². The van der Waals surface area contributed by atoms with Crippen LogP contribution in [0.15, 0.2) is 66.7 Å². The number of nitrogens with zero attached hydrogens (tertiary/aromatic N) is 2. The molecule has 1 N–H and O–H groups in total. The molecule has 2 amide bonds. The number of sulfonamides is 1. The van der Waals surface area contributed by atoms with Crippen molar-refractivity contribution in [1.29, 1.82) is 0 Å². The van der Waals surface area contributed by atoms with Gasteiger partial charge in [0.1, 0.15) is 12.6 Å². The van der Waals surface area contributed by atoms with Crippen molar-refractivity contribution in [3.8, 4) is 0 Å². The molecule has 0 saturated carbocycles. The minimum Gasteiger partial charge on any atom is -0.350 e. The SMILES string of the molecule is CC(C)(C)NC(=O)[C@@H](Cc1ccccc1)N(Cc1c(Cl)cccc1Cl)C(=O)CN(c1ccc(Cl)c(Cl)c1)S(C)(=O)=O. The zero-order chi connectivity index (χ0) is 30.5. The summed E-state index contributed by atoms with van der Waals surface area (Å²) < 4.78 is 26.7. The zero-order valence-electron chi connectivity index (χ0n) is 23.0. The van der Waals surface area contributed by atoms with Crippen LogP contribution in [0.5, 0.6) is 0 Å². The molecule has 7 nitrogen and oxygen atoms in total. The van der Waals surface area contributed by atoms with Gasteiger partial charge in [-0.2, -0.15) is 0 Å². The summed E-state index contributed by atoms with van der Waals surface area (Å²) in [7, 11) is -3.97. The van der Waals surface area contributed by atoms with Crippen molar-refractivity contribution in [2.45, 2.75) is 45.3 Å². The van der Waals surface area contributed by atoms with E-state index in [1.165, 1.54) is 23.1 Å². The van der Waals surface area contributed by atoms with E-state index in [-0.39, 0.29) is 28.7 Å². The third-order valence-electron chi connectivity index (χ3n) is 6.03. The summed E-state index contributed by atoms with van der Waals surface area (Å²) in [5, 5.41) is 3.91. The van der Waals surface area contributed by atoms with Crippen molar-refractivity contribution in [3.63, 3.8) is 0 Å². The molecule has 220 valence electrons. The van der Waals surface area contributed by atoms with Crippen LogP contribution in [0.2, 0.25) is 20.1 Å². The molecule has 0 aromatic heterocycles. The monoisotopic (exact) mass is 657 g/mol.